The fraction of sp³-hybridized carbons (Fsp3) is 0.360. The monoisotopic (exact) mass is 464 g/mol. The number of hydrogen-bond donors (Lipinski definition) is 0. The average molecular weight is 465 g/mol. The Labute approximate surface area is 187 Å². The summed E-state index contributed by atoms with van der Waals surface area (Å²) in [6.07, 6.45) is 0. The first-order valence-corrected chi connectivity index (χ1v) is 15.8. The van der Waals surface area contributed by atoms with E-state index in [4.69, 9.17) is 21.9 Å². The molecule has 1 nitrogen and oxygen atoms in total. The number of halogens is 2. The number of para-hydroxylation sites is 1. The van der Waals surface area contributed by atoms with Crippen molar-refractivity contribution in [1.82, 2.24) is 0 Å². The van der Waals surface area contributed by atoms with Crippen LogP contribution in [0.3, 0.4) is 0 Å². The van der Waals surface area contributed by atoms with E-state index >= 15 is 0 Å². The molecular formula is C25H30Cl2OTi. The Morgan fingerprint density at radius 1 is 0.862 bits per heavy atom. The molecule has 0 amide bonds. The van der Waals surface area contributed by atoms with Crippen LogP contribution in [0, 0.1) is 5.41 Å². The first-order valence-electron chi connectivity index (χ1n) is 10.1. The summed E-state index contributed by atoms with van der Waals surface area (Å²) in [6.45, 7) is 15.2. The molecule has 0 fully saturated rings. The standard InChI is InChI=1S/C15H16O.C10H15.2ClH.Ti/c1-11(2)13-9-6-10-14(15(13)16)12-7-4-3-5-8-12;1-7-6-10(4,5)9(3)8(7)2;;;/h3-11,16H,1-2H3;1-5H3;2*1H;/q;;;;+3/p-3. The molecule has 0 aliphatic heterocycles. The maximum atomic E-state index is 7.17. The fourth-order valence-electron chi connectivity index (χ4n) is 4.32. The summed E-state index contributed by atoms with van der Waals surface area (Å²) in [7, 11) is 14.3. The SMILES string of the molecule is CC1=C(C)C(C)(C)[C]([Ti]([Cl])([Cl])[O]c2c(-c3ccccc3)cccc2C(C)C)=C1C. The average Bonchev–Trinajstić information content (AvgIpc) is 2.81. The summed E-state index contributed by atoms with van der Waals surface area (Å²) >= 11 is -3.88. The molecule has 2 aromatic carbocycles. The van der Waals surface area contributed by atoms with Gasteiger partial charge in [0.15, 0.2) is 0 Å². The van der Waals surface area contributed by atoms with E-state index in [1.54, 1.807) is 0 Å². The van der Waals surface area contributed by atoms with Gasteiger partial charge in [-0.25, -0.2) is 0 Å². The third-order valence-electron chi connectivity index (χ3n) is 6.34. The van der Waals surface area contributed by atoms with E-state index in [0.29, 0.717) is 5.92 Å². The van der Waals surface area contributed by atoms with Crippen molar-refractivity contribution in [1.29, 1.82) is 0 Å². The van der Waals surface area contributed by atoms with Gasteiger partial charge in [-0.2, -0.15) is 0 Å². The van der Waals surface area contributed by atoms with Crippen molar-refractivity contribution in [3.8, 4) is 16.9 Å². The third-order valence-corrected chi connectivity index (χ3v) is 11.7. The molecule has 0 saturated carbocycles. The molecule has 0 radical (unpaired) electrons. The van der Waals surface area contributed by atoms with Gasteiger partial charge in [0.05, 0.1) is 0 Å². The summed E-state index contributed by atoms with van der Waals surface area (Å²) in [6, 6.07) is 16.6. The van der Waals surface area contributed by atoms with Crippen LogP contribution in [0.25, 0.3) is 11.1 Å². The van der Waals surface area contributed by atoms with E-state index in [0.717, 1.165) is 26.3 Å². The zero-order valence-electron chi connectivity index (χ0n) is 18.4. The zero-order valence-corrected chi connectivity index (χ0v) is 21.4. The summed E-state index contributed by atoms with van der Waals surface area (Å²) < 4.78 is 7.81. The van der Waals surface area contributed by atoms with Gasteiger partial charge in [-0.3, -0.25) is 0 Å². The molecule has 0 saturated heterocycles. The molecule has 154 valence electrons. The van der Waals surface area contributed by atoms with Crippen LogP contribution in [0.1, 0.15) is 59.9 Å². The Hall–Kier alpha value is -0.986. The Kier molecular flexibility index (Phi) is 6.47. The molecule has 4 heteroatoms. The summed E-state index contributed by atoms with van der Waals surface area (Å²) in [5.41, 5.74) is 6.91. The van der Waals surface area contributed by atoms with Crippen molar-refractivity contribution >= 4 is 18.6 Å². The van der Waals surface area contributed by atoms with E-state index in [-0.39, 0.29) is 5.41 Å². The topological polar surface area (TPSA) is 9.23 Å². The third kappa shape index (κ3) is 4.12. The predicted molar refractivity (Wildman–Crippen MR) is 123 cm³/mol. The Balaban J connectivity index is 2.15. The molecule has 3 rings (SSSR count). The Morgan fingerprint density at radius 3 is 2.00 bits per heavy atom. The molecular weight excluding hydrogens is 435 g/mol. The van der Waals surface area contributed by atoms with Gasteiger partial charge in [0.2, 0.25) is 0 Å². The zero-order chi connectivity index (χ0) is 21.6. The van der Waals surface area contributed by atoms with Crippen molar-refractivity contribution < 1.29 is 18.2 Å². The number of allylic oxidation sites excluding steroid dienone is 4. The van der Waals surface area contributed by atoms with Crippen LogP contribution in [-0.4, -0.2) is 0 Å². The molecule has 29 heavy (non-hydrogen) atoms. The first-order chi connectivity index (χ1) is 13.5. The molecule has 1 aliphatic rings. The molecule has 0 N–H and O–H groups in total. The molecule has 2 aromatic rings. The van der Waals surface area contributed by atoms with Gasteiger partial charge >= 0.3 is 188 Å². The van der Waals surface area contributed by atoms with Gasteiger partial charge in [0.1, 0.15) is 0 Å². The van der Waals surface area contributed by atoms with E-state index in [1.165, 1.54) is 16.7 Å². The van der Waals surface area contributed by atoms with Crippen molar-refractivity contribution in [3.05, 3.63) is 74.7 Å². The van der Waals surface area contributed by atoms with E-state index < -0.39 is 14.9 Å². The van der Waals surface area contributed by atoms with Gasteiger partial charge in [0.25, 0.3) is 0 Å². The van der Waals surface area contributed by atoms with Crippen LogP contribution in [0.5, 0.6) is 5.75 Å². The summed E-state index contributed by atoms with van der Waals surface area (Å²) in [5, 5.41) is 0. The summed E-state index contributed by atoms with van der Waals surface area (Å²) in [5.74, 6) is 1.13. The van der Waals surface area contributed by atoms with Gasteiger partial charge in [-0.1, -0.05) is 0 Å². The van der Waals surface area contributed by atoms with Crippen molar-refractivity contribution in [2.75, 3.05) is 0 Å². The van der Waals surface area contributed by atoms with E-state index in [1.807, 2.05) is 18.2 Å². The van der Waals surface area contributed by atoms with Crippen molar-refractivity contribution in [3.63, 3.8) is 0 Å². The molecule has 0 bridgehead atoms. The quantitative estimate of drug-likeness (QED) is 0.401. The van der Waals surface area contributed by atoms with E-state index in [9.17, 15) is 0 Å². The van der Waals surface area contributed by atoms with E-state index in [2.05, 4.69) is 78.8 Å². The van der Waals surface area contributed by atoms with Crippen LogP contribution in [0.15, 0.2) is 69.1 Å². The molecule has 1 aliphatic carbocycles. The second kappa shape index (κ2) is 8.27. The van der Waals surface area contributed by atoms with Gasteiger partial charge < -0.3 is 0 Å². The van der Waals surface area contributed by atoms with Crippen LogP contribution in [0.4, 0.5) is 0 Å². The minimum atomic E-state index is -3.88. The Bertz CT molecular complexity index is 985. The number of hydrogen-bond acceptors (Lipinski definition) is 1. The van der Waals surface area contributed by atoms with Crippen LogP contribution >= 0.6 is 18.6 Å². The van der Waals surface area contributed by atoms with Crippen molar-refractivity contribution in [2.45, 2.75) is 54.4 Å². The summed E-state index contributed by atoms with van der Waals surface area (Å²) in [4.78, 5) is 0. The second-order valence-corrected chi connectivity index (χ2v) is 16.6. The predicted octanol–water partition coefficient (Wildman–Crippen LogP) is 8.88. The molecule has 0 unspecified atom stereocenters. The number of rotatable bonds is 5. The minimum absolute atomic E-state index is 0.183. The molecule has 0 spiro atoms. The molecule has 0 heterocycles. The van der Waals surface area contributed by atoms with Crippen LogP contribution in [0.2, 0.25) is 0 Å². The molecule has 0 atom stereocenters. The fourth-order valence-corrected chi connectivity index (χ4v) is 11.4. The van der Waals surface area contributed by atoms with Gasteiger partial charge in [-0.05, 0) is 0 Å². The van der Waals surface area contributed by atoms with Crippen LogP contribution in [-0.2, 0) is 14.9 Å². The molecule has 0 aromatic heterocycles. The number of benzene rings is 2. The second-order valence-electron chi connectivity index (χ2n) is 8.74. The Morgan fingerprint density at radius 2 is 1.48 bits per heavy atom. The normalized spacial score (nSPS) is 16.8. The van der Waals surface area contributed by atoms with Gasteiger partial charge in [-0.15, -0.1) is 0 Å². The maximum absolute atomic E-state index is 7.17. The van der Waals surface area contributed by atoms with Crippen LogP contribution < -0.4 is 3.32 Å². The first kappa shape index (κ1) is 22.7. The van der Waals surface area contributed by atoms with Gasteiger partial charge in [0, 0.05) is 0 Å². The van der Waals surface area contributed by atoms with Crippen molar-refractivity contribution in [2.24, 2.45) is 5.41 Å².